The van der Waals surface area contributed by atoms with Crippen molar-refractivity contribution in [1.29, 1.82) is 0 Å². The fraction of sp³-hybridized carbons (Fsp3) is 0.300. The van der Waals surface area contributed by atoms with Gasteiger partial charge in [-0.15, -0.1) is 0 Å². The Bertz CT molecular complexity index is 920. The fourth-order valence-electron chi connectivity index (χ4n) is 4.26. The topological polar surface area (TPSA) is 40.9 Å². The minimum atomic E-state index is 0.138. The van der Waals surface area contributed by atoms with Crippen molar-refractivity contribution in [3.05, 3.63) is 65.6 Å². The minimum Gasteiger partial charge on any atom is -0.356 e. The molecule has 0 aromatic carbocycles. The molecule has 0 N–H and O–H groups in total. The smallest absolute Gasteiger partial charge is 0.255 e. The first kappa shape index (κ1) is 15.7. The Kier molecular flexibility index (Phi) is 3.64. The molecular formula is C20H19ClN4O. The molecule has 1 amide bonds. The van der Waals surface area contributed by atoms with Crippen molar-refractivity contribution in [2.45, 2.75) is 0 Å². The van der Waals surface area contributed by atoms with E-state index in [0.717, 1.165) is 43.1 Å². The van der Waals surface area contributed by atoms with Crippen molar-refractivity contribution < 1.29 is 4.79 Å². The van der Waals surface area contributed by atoms with Crippen molar-refractivity contribution >= 4 is 28.8 Å². The van der Waals surface area contributed by atoms with Gasteiger partial charge < -0.3 is 14.2 Å². The largest absolute Gasteiger partial charge is 0.356 e. The van der Waals surface area contributed by atoms with Gasteiger partial charge in [0.05, 0.1) is 10.6 Å². The average Bonchev–Trinajstić information content (AvgIpc) is 3.34. The van der Waals surface area contributed by atoms with Gasteiger partial charge in [-0.2, -0.15) is 0 Å². The van der Waals surface area contributed by atoms with Crippen LogP contribution in [0.25, 0.3) is 5.52 Å². The molecule has 0 saturated carbocycles. The van der Waals surface area contributed by atoms with Crippen LogP contribution in [0.5, 0.6) is 0 Å². The van der Waals surface area contributed by atoms with E-state index in [0.29, 0.717) is 16.9 Å². The van der Waals surface area contributed by atoms with Gasteiger partial charge in [0, 0.05) is 62.1 Å². The molecule has 0 bridgehead atoms. The molecule has 26 heavy (non-hydrogen) atoms. The van der Waals surface area contributed by atoms with Gasteiger partial charge in [-0.3, -0.25) is 4.79 Å². The summed E-state index contributed by atoms with van der Waals surface area (Å²) < 4.78 is 2.00. The summed E-state index contributed by atoms with van der Waals surface area (Å²) in [6, 6.07) is 11.8. The van der Waals surface area contributed by atoms with Gasteiger partial charge in [0.25, 0.3) is 5.91 Å². The zero-order chi connectivity index (χ0) is 17.7. The molecule has 0 spiro atoms. The molecule has 3 aromatic rings. The summed E-state index contributed by atoms with van der Waals surface area (Å²) in [6.07, 6.45) is 5.59. The van der Waals surface area contributed by atoms with Crippen molar-refractivity contribution in [2.24, 2.45) is 11.8 Å². The lowest BCUT2D eigenvalue weighted by molar-refractivity contribution is 0.0782. The fourth-order valence-corrected chi connectivity index (χ4v) is 4.37. The standard InChI is InChI=1S/C20H19ClN4O/c21-17-4-5-19(22-8-17)24-10-15-12-25(13-16(15)11-24)20(26)14-7-18-3-1-2-6-23(18)9-14/h1-9,15-16H,10-13H2. The van der Waals surface area contributed by atoms with E-state index in [-0.39, 0.29) is 5.91 Å². The highest BCUT2D eigenvalue weighted by molar-refractivity contribution is 6.30. The maximum absolute atomic E-state index is 12.9. The first-order valence-electron chi connectivity index (χ1n) is 8.90. The zero-order valence-electron chi connectivity index (χ0n) is 14.3. The number of carbonyl (C=O) groups is 1. The molecule has 2 unspecified atom stereocenters. The average molecular weight is 367 g/mol. The third-order valence-corrected chi connectivity index (χ3v) is 5.78. The van der Waals surface area contributed by atoms with E-state index >= 15 is 0 Å². The van der Waals surface area contributed by atoms with Crippen LogP contribution in [0.3, 0.4) is 0 Å². The number of rotatable bonds is 2. The van der Waals surface area contributed by atoms with Crippen LogP contribution in [0.15, 0.2) is 55.0 Å². The second kappa shape index (κ2) is 6.02. The molecule has 5 heterocycles. The van der Waals surface area contributed by atoms with E-state index in [2.05, 4.69) is 9.88 Å². The Labute approximate surface area is 156 Å². The predicted octanol–water partition coefficient (Wildman–Crippen LogP) is 3.20. The second-order valence-electron chi connectivity index (χ2n) is 7.23. The highest BCUT2D eigenvalue weighted by atomic mass is 35.5. The van der Waals surface area contributed by atoms with Crippen LogP contribution in [-0.4, -0.2) is 46.4 Å². The van der Waals surface area contributed by atoms with Crippen molar-refractivity contribution in [3.8, 4) is 0 Å². The highest BCUT2D eigenvalue weighted by Gasteiger charge is 2.42. The van der Waals surface area contributed by atoms with Crippen molar-refractivity contribution in [2.75, 3.05) is 31.1 Å². The molecule has 5 nitrogen and oxygen atoms in total. The van der Waals surface area contributed by atoms with Gasteiger partial charge in [-0.1, -0.05) is 17.7 Å². The van der Waals surface area contributed by atoms with Crippen LogP contribution in [0.4, 0.5) is 5.82 Å². The van der Waals surface area contributed by atoms with Gasteiger partial charge in [-0.25, -0.2) is 4.98 Å². The van der Waals surface area contributed by atoms with Crippen LogP contribution in [0.1, 0.15) is 10.4 Å². The molecule has 2 atom stereocenters. The van der Waals surface area contributed by atoms with E-state index in [1.807, 2.05) is 58.1 Å². The summed E-state index contributed by atoms with van der Waals surface area (Å²) in [4.78, 5) is 21.6. The monoisotopic (exact) mass is 366 g/mol. The number of amides is 1. The number of hydrogen-bond acceptors (Lipinski definition) is 3. The molecule has 2 aliphatic heterocycles. The lowest BCUT2D eigenvalue weighted by Crippen LogP contribution is -2.33. The third kappa shape index (κ3) is 2.63. The molecule has 0 aliphatic carbocycles. The summed E-state index contributed by atoms with van der Waals surface area (Å²) >= 11 is 5.93. The maximum Gasteiger partial charge on any atom is 0.255 e. The number of hydrogen-bond donors (Lipinski definition) is 0. The van der Waals surface area contributed by atoms with E-state index < -0.39 is 0 Å². The lowest BCUT2D eigenvalue weighted by Gasteiger charge is -2.22. The Hall–Kier alpha value is -2.53. The van der Waals surface area contributed by atoms with Gasteiger partial charge in [0.1, 0.15) is 5.82 Å². The van der Waals surface area contributed by atoms with E-state index in [4.69, 9.17) is 11.6 Å². The number of likely N-dealkylation sites (tertiary alicyclic amines) is 1. The van der Waals surface area contributed by atoms with Crippen molar-refractivity contribution in [1.82, 2.24) is 14.3 Å². The minimum absolute atomic E-state index is 0.138. The van der Waals surface area contributed by atoms with Crippen LogP contribution < -0.4 is 4.90 Å². The molecule has 2 aliphatic rings. The molecule has 6 heteroatoms. The summed E-state index contributed by atoms with van der Waals surface area (Å²) in [5, 5.41) is 0.657. The summed E-state index contributed by atoms with van der Waals surface area (Å²) in [5.74, 6) is 2.13. The van der Waals surface area contributed by atoms with Crippen molar-refractivity contribution in [3.63, 3.8) is 0 Å². The van der Waals surface area contributed by atoms with Crippen LogP contribution in [0.2, 0.25) is 5.02 Å². The number of anilines is 1. The molecule has 2 fully saturated rings. The van der Waals surface area contributed by atoms with Crippen LogP contribution >= 0.6 is 11.6 Å². The summed E-state index contributed by atoms with van der Waals surface area (Å²) in [6.45, 7) is 3.53. The van der Waals surface area contributed by atoms with Gasteiger partial charge in [-0.05, 0) is 30.3 Å². The number of pyridine rings is 2. The molecule has 5 rings (SSSR count). The molecule has 132 valence electrons. The van der Waals surface area contributed by atoms with Crippen LogP contribution in [-0.2, 0) is 0 Å². The maximum atomic E-state index is 12.9. The molecular weight excluding hydrogens is 348 g/mol. The van der Waals surface area contributed by atoms with Crippen LogP contribution in [0, 0.1) is 11.8 Å². The van der Waals surface area contributed by atoms with E-state index in [9.17, 15) is 4.79 Å². The molecule has 2 saturated heterocycles. The van der Waals surface area contributed by atoms with Gasteiger partial charge >= 0.3 is 0 Å². The number of fused-ring (bicyclic) bond motifs is 2. The predicted molar refractivity (Wildman–Crippen MR) is 102 cm³/mol. The number of carbonyl (C=O) groups excluding carboxylic acids is 1. The van der Waals surface area contributed by atoms with E-state index in [1.54, 1.807) is 6.20 Å². The molecule has 0 radical (unpaired) electrons. The van der Waals surface area contributed by atoms with Gasteiger partial charge in [0.2, 0.25) is 0 Å². The first-order valence-corrected chi connectivity index (χ1v) is 9.28. The third-order valence-electron chi connectivity index (χ3n) is 5.56. The van der Waals surface area contributed by atoms with E-state index in [1.165, 1.54) is 0 Å². The number of nitrogens with zero attached hydrogens (tertiary/aromatic N) is 4. The Balaban J connectivity index is 1.28. The van der Waals surface area contributed by atoms with Gasteiger partial charge in [0.15, 0.2) is 0 Å². The highest BCUT2D eigenvalue weighted by Crippen LogP contribution is 2.34. The summed E-state index contributed by atoms with van der Waals surface area (Å²) in [7, 11) is 0. The Morgan fingerprint density at radius 3 is 2.58 bits per heavy atom. The summed E-state index contributed by atoms with van der Waals surface area (Å²) in [5.41, 5.74) is 1.82. The normalized spacial score (nSPS) is 22.2. The number of halogens is 1. The quantitative estimate of drug-likeness (QED) is 0.699. The number of aromatic nitrogens is 2. The Morgan fingerprint density at radius 2 is 1.88 bits per heavy atom. The SMILES string of the molecule is O=C(c1cc2ccccn2c1)N1CC2CN(c3ccc(Cl)cn3)CC2C1. The second-order valence-corrected chi connectivity index (χ2v) is 7.67. The zero-order valence-corrected chi connectivity index (χ0v) is 15.0. The molecule has 3 aromatic heterocycles. The lowest BCUT2D eigenvalue weighted by atomic mass is 10.0. The Morgan fingerprint density at radius 1 is 1.08 bits per heavy atom. The first-order chi connectivity index (χ1) is 12.7.